The van der Waals surface area contributed by atoms with E-state index in [9.17, 15) is 9.59 Å². The standard InChI is InChI=1S/C12H13NO2/c1-7(12(13)15)8-3-2-4-10-9(8)5-6-11(10)14/h2-4,7H,5-6H2,1H3,(H2,13,15). The van der Waals surface area contributed by atoms with Crippen LogP contribution in [-0.2, 0) is 11.2 Å². The molecule has 0 radical (unpaired) electrons. The molecular formula is C12H13NO2. The van der Waals surface area contributed by atoms with Gasteiger partial charge in [0.2, 0.25) is 5.91 Å². The highest BCUT2D eigenvalue weighted by molar-refractivity contribution is 6.01. The number of carbonyl (C=O) groups is 2. The van der Waals surface area contributed by atoms with Gasteiger partial charge in [0.05, 0.1) is 5.92 Å². The summed E-state index contributed by atoms with van der Waals surface area (Å²) >= 11 is 0. The molecule has 0 fully saturated rings. The lowest BCUT2D eigenvalue weighted by Gasteiger charge is -2.12. The molecule has 1 unspecified atom stereocenters. The molecule has 78 valence electrons. The van der Waals surface area contributed by atoms with Crippen molar-refractivity contribution in [3.05, 3.63) is 34.9 Å². The smallest absolute Gasteiger partial charge is 0.224 e. The van der Waals surface area contributed by atoms with E-state index < -0.39 is 0 Å². The van der Waals surface area contributed by atoms with Crippen LogP contribution in [0.5, 0.6) is 0 Å². The van der Waals surface area contributed by atoms with Crippen molar-refractivity contribution in [2.75, 3.05) is 0 Å². The summed E-state index contributed by atoms with van der Waals surface area (Å²) < 4.78 is 0. The fourth-order valence-corrected chi connectivity index (χ4v) is 2.08. The van der Waals surface area contributed by atoms with Gasteiger partial charge < -0.3 is 5.73 Å². The molecule has 2 N–H and O–H groups in total. The second kappa shape index (κ2) is 3.50. The highest BCUT2D eigenvalue weighted by Gasteiger charge is 2.25. The van der Waals surface area contributed by atoms with Gasteiger partial charge in [-0.05, 0) is 24.5 Å². The molecule has 1 aromatic rings. The summed E-state index contributed by atoms with van der Waals surface area (Å²) in [5.41, 5.74) is 7.95. The van der Waals surface area contributed by atoms with Crippen LogP contribution in [0.3, 0.4) is 0 Å². The zero-order chi connectivity index (χ0) is 11.0. The molecule has 0 saturated carbocycles. The van der Waals surface area contributed by atoms with E-state index in [1.165, 1.54) is 0 Å². The Balaban J connectivity index is 2.51. The number of nitrogens with two attached hydrogens (primary N) is 1. The monoisotopic (exact) mass is 203 g/mol. The number of hydrogen-bond donors (Lipinski definition) is 1. The van der Waals surface area contributed by atoms with Crippen molar-refractivity contribution in [2.45, 2.75) is 25.7 Å². The molecule has 0 heterocycles. The number of Topliss-reactive ketones (excluding diaryl/α,β-unsaturated/α-hetero) is 1. The van der Waals surface area contributed by atoms with Crippen LogP contribution >= 0.6 is 0 Å². The van der Waals surface area contributed by atoms with E-state index in [0.717, 1.165) is 23.1 Å². The predicted molar refractivity (Wildman–Crippen MR) is 56.7 cm³/mol. The minimum atomic E-state index is -0.345. The molecule has 0 aliphatic heterocycles. The van der Waals surface area contributed by atoms with Crippen LogP contribution in [0.15, 0.2) is 18.2 Å². The van der Waals surface area contributed by atoms with Gasteiger partial charge in [-0.2, -0.15) is 0 Å². The molecule has 1 atom stereocenters. The molecule has 2 rings (SSSR count). The summed E-state index contributed by atoms with van der Waals surface area (Å²) in [4.78, 5) is 22.6. The molecule has 1 amide bonds. The first-order chi connectivity index (χ1) is 7.11. The topological polar surface area (TPSA) is 60.2 Å². The number of hydrogen-bond acceptors (Lipinski definition) is 2. The van der Waals surface area contributed by atoms with Crippen molar-refractivity contribution in [3.63, 3.8) is 0 Å². The SMILES string of the molecule is CC(C(N)=O)c1cccc2c1CCC2=O. The van der Waals surface area contributed by atoms with Gasteiger partial charge >= 0.3 is 0 Å². The summed E-state index contributed by atoms with van der Waals surface area (Å²) in [6.07, 6.45) is 1.29. The molecule has 1 aromatic carbocycles. The lowest BCUT2D eigenvalue weighted by Crippen LogP contribution is -2.19. The van der Waals surface area contributed by atoms with E-state index in [2.05, 4.69) is 0 Å². The third-order valence-corrected chi connectivity index (χ3v) is 3.01. The third-order valence-electron chi connectivity index (χ3n) is 3.01. The first kappa shape index (κ1) is 9.90. The number of rotatable bonds is 2. The molecule has 1 aliphatic carbocycles. The Labute approximate surface area is 88.3 Å². The van der Waals surface area contributed by atoms with Crippen LogP contribution in [0.2, 0.25) is 0 Å². The van der Waals surface area contributed by atoms with Gasteiger partial charge in [-0.25, -0.2) is 0 Å². The average molecular weight is 203 g/mol. The number of fused-ring (bicyclic) bond motifs is 1. The minimum absolute atomic E-state index is 0.170. The van der Waals surface area contributed by atoms with Gasteiger partial charge in [0, 0.05) is 12.0 Å². The van der Waals surface area contributed by atoms with Crippen LogP contribution in [0.4, 0.5) is 0 Å². The van der Waals surface area contributed by atoms with Crippen LogP contribution in [-0.4, -0.2) is 11.7 Å². The van der Waals surface area contributed by atoms with E-state index in [1.54, 1.807) is 6.92 Å². The first-order valence-electron chi connectivity index (χ1n) is 5.05. The predicted octanol–water partition coefficient (Wildman–Crippen LogP) is 1.40. The van der Waals surface area contributed by atoms with E-state index >= 15 is 0 Å². The third kappa shape index (κ3) is 1.54. The second-order valence-corrected chi connectivity index (χ2v) is 3.92. The Morgan fingerprint density at radius 1 is 1.40 bits per heavy atom. The molecule has 0 aromatic heterocycles. The second-order valence-electron chi connectivity index (χ2n) is 3.92. The van der Waals surface area contributed by atoms with E-state index in [1.807, 2.05) is 18.2 Å². The average Bonchev–Trinajstić information content (AvgIpc) is 2.59. The van der Waals surface area contributed by atoms with Gasteiger partial charge in [-0.15, -0.1) is 0 Å². The summed E-state index contributed by atoms with van der Waals surface area (Å²) in [5.74, 6) is -0.489. The summed E-state index contributed by atoms with van der Waals surface area (Å²) in [5, 5.41) is 0. The van der Waals surface area contributed by atoms with Crippen molar-refractivity contribution >= 4 is 11.7 Å². The van der Waals surface area contributed by atoms with E-state index in [0.29, 0.717) is 6.42 Å². The largest absolute Gasteiger partial charge is 0.369 e. The van der Waals surface area contributed by atoms with Crippen LogP contribution in [0, 0.1) is 0 Å². The fourth-order valence-electron chi connectivity index (χ4n) is 2.08. The fraction of sp³-hybridized carbons (Fsp3) is 0.333. The highest BCUT2D eigenvalue weighted by Crippen LogP contribution is 2.29. The Kier molecular flexibility index (Phi) is 2.31. The summed E-state index contributed by atoms with van der Waals surface area (Å²) in [6, 6.07) is 5.52. The van der Waals surface area contributed by atoms with Crippen molar-refractivity contribution < 1.29 is 9.59 Å². The quantitative estimate of drug-likeness (QED) is 0.789. The molecular weight excluding hydrogens is 190 g/mol. The maximum absolute atomic E-state index is 11.5. The van der Waals surface area contributed by atoms with E-state index in [4.69, 9.17) is 5.73 Å². The van der Waals surface area contributed by atoms with E-state index in [-0.39, 0.29) is 17.6 Å². The van der Waals surface area contributed by atoms with Gasteiger partial charge in [0.1, 0.15) is 0 Å². The lowest BCUT2D eigenvalue weighted by atomic mass is 9.93. The van der Waals surface area contributed by atoms with Crippen LogP contribution in [0.1, 0.15) is 40.7 Å². The van der Waals surface area contributed by atoms with Gasteiger partial charge in [0.15, 0.2) is 5.78 Å². The molecule has 3 nitrogen and oxygen atoms in total. The summed E-state index contributed by atoms with van der Waals surface area (Å²) in [7, 11) is 0. The van der Waals surface area contributed by atoms with Crippen LogP contribution in [0.25, 0.3) is 0 Å². The number of benzene rings is 1. The number of amides is 1. The lowest BCUT2D eigenvalue weighted by molar-refractivity contribution is -0.119. The normalized spacial score (nSPS) is 16.2. The van der Waals surface area contributed by atoms with Crippen molar-refractivity contribution in [2.24, 2.45) is 5.73 Å². The maximum Gasteiger partial charge on any atom is 0.224 e. The minimum Gasteiger partial charge on any atom is -0.369 e. The Morgan fingerprint density at radius 2 is 2.13 bits per heavy atom. The van der Waals surface area contributed by atoms with Gasteiger partial charge in [-0.1, -0.05) is 18.2 Å². The van der Waals surface area contributed by atoms with Gasteiger partial charge in [0.25, 0.3) is 0 Å². The first-order valence-corrected chi connectivity index (χ1v) is 5.05. The maximum atomic E-state index is 11.5. The summed E-state index contributed by atoms with van der Waals surface area (Å²) in [6.45, 7) is 1.78. The zero-order valence-corrected chi connectivity index (χ0v) is 8.62. The number of ketones is 1. The van der Waals surface area contributed by atoms with Crippen LogP contribution < -0.4 is 5.73 Å². The zero-order valence-electron chi connectivity index (χ0n) is 8.62. The molecule has 15 heavy (non-hydrogen) atoms. The molecule has 0 saturated heterocycles. The van der Waals surface area contributed by atoms with Crippen molar-refractivity contribution in [3.8, 4) is 0 Å². The molecule has 3 heteroatoms. The highest BCUT2D eigenvalue weighted by atomic mass is 16.1. The Morgan fingerprint density at radius 3 is 2.80 bits per heavy atom. The Hall–Kier alpha value is -1.64. The number of carbonyl (C=O) groups excluding carboxylic acids is 2. The van der Waals surface area contributed by atoms with Crippen molar-refractivity contribution in [1.82, 2.24) is 0 Å². The van der Waals surface area contributed by atoms with Crippen molar-refractivity contribution in [1.29, 1.82) is 0 Å². The molecule has 0 bridgehead atoms. The Bertz CT molecular complexity index is 437. The number of primary amides is 1. The molecule has 0 spiro atoms. The molecule has 1 aliphatic rings. The van der Waals surface area contributed by atoms with Gasteiger partial charge in [-0.3, -0.25) is 9.59 Å².